The number of halogens is 4. The number of aromatic nitrogens is 4. The zero-order valence-corrected chi connectivity index (χ0v) is 22.5. The highest BCUT2D eigenvalue weighted by molar-refractivity contribution is 6.32. The molecule has 1 aliphatic carbocycles. The van der Waals surface area contributed by atoms with E-state index in [1.54, 1.807) is 13.2 Å². The zero-order chi connectivity index (χ0) is 28.6. The van der Waals surface area contributed by atoms with Gasteiger partial charge in [0.25, 0.3) is 0 Å². The Morgan fingerprint density at radius 2 is 1.90 bits per heavy atom. The third-order valence-electron chi connectivity index (χ3n) is 6.83. The summed E-state index contributed by atoms with van der Waals surface area (Å²) in [5.74, 6) is -0.694. The standard InChI is InChI=1S/C26H26ClF3N8O2/c1-14-9-19(34-25-32-12-18(27)23(35-25)33-21-13-37(2)36-20(21)11-31)22(40-16-3-4-16)10-17(14)15-5-7-38(8-6-15)24(39)26(28,29)30/h9-10,12-13,15-16H,3-8H2,1-2H3,(H2,32,33,34,35). The molecule has 2 N–H and O–H groups in total. The molecule has 0 unspecified atom stereocenters. The van der Waals surface area contributed by atoms with E-state index in [2.05, 4.69) is 25.7 Å². The first kappa shape index (κ1) is 27.5. The van der Waals surface area contributed by atoms with Crippen LogP contribution in [0.1, 0.15) is 48.4 Å². The van der Waals surface area contributed by atoms with E-state index < -0.39 is 12.1 Å². The summed E-state index contributed by atoms with van der Waals surface area (Å²) in [5, 5.41) is 19.9. The van der Waals surface area contributed by atoms with Crippen LogP contribution in [0.15, 0.2) is 24.5 Å². The van der Waals surface area contributed by atoms with Crippen molar-refractivity contribution in [3.63, 3.8) is 0 Å². The maximum absolute atomic E-state index is 12.9. The quantitative estimate of drug-likeness (QED) is 0.388. The number of amides is 1. The molecule has 3 aromatic rings. The van der Waals surface area contributed by atoms with E-state index in [0.717, 1.165) is 28.9 Å². The molecule has 2 aromatic heterocycles. The predicted molar refractivity (Wildman–Crippen MR) is 141 cm³/mol. The summed E-state index contributed by atoms with van der Waals surface area (Å²) >= 11 is 6.31. The number of hydrogen-bond acceptors (Lipinski definition) is 8. The van der Waals surface area contributed by atoms with Crippen LogP contribution in [0.2, 0.25) is 5.02 Å². The van der Waals surface area contributed by atoms with Crippen LogP contribution < -0.4 is 15.4 Å². The number of carbonyl (C=O) groups excluding carboxylic acids is 1. The maximum Gasteiger partial charge on any atom is 0.471 e. The minimum absolute atomic E-state index is 0.00992. The van der Waals surface area contributed by atoms with Crippen LogP contribution in [-0.2, 0) is 11.8 Å². The van der Waals surface area contributed by atoms with Gasteiger partial charge in [-0.3, -0.25) is 9.48 Å². The molecule has 1 aromatic carbocycles. The molecule has 2 aliphatic rings. The second-order valence-corrected chi connectivity index (χ2v) is 10.3. The summed E-state index contributed by atoms with van der Waals surface area (Å²) in [6.07, 6.45) is 0.991. The highest BCUT2D eigenvalue weighted by atomic mass is 35.5. The van der Waals surface area contributed by atoms with Gasteiger partial charge in [-0.05, 0) is 61.8 Å². The van der Waals surface area contributed by atoms with E-state index >= 15 is 0 Å². The monoisotopic (exact) mass is 574 g/mol. The number of alkyl halides is 3. The van der Waals surface area contributed by atoms with Crippen molar-refractivity contribution in [1.29, 1.82) is 5.26 Å². The summed E-state index contributed by atoms with van der Waals surface area (Å²) in [4.78, 5) is 21.3. The molecule has 1 saturated heterocycles. The number of anilines is 4. The first-order chi connectivity index (χ1) is 19.0. The third-order valence-corrected chi connectivity index (χ3v) is 7.11. The number of rotatable bonds is 7. The molecular formula is C26H26ClF3N8O2. The van der Waals surface area contributed by atoms with Gasteiger partial charge in [-0.15, -0.1) is 0 Å². The van der Waals surface area contributed by atoms with Gasteiger partial charge in [0, 0.05) is 26.3 Å². The Hall–Kier alpha value is -4.05. The Balaban J connectivity index is 1.37. The topological polar surface area (TPSA) is 121 Å². The maximum atomic E-state index is 12.9. The predicted octanol–water partition coefficient (Wildman–Crippen LogP) is 5.34. The van der Waals surface area contributed by atoms with Crippen LogP contribution in [0.5, 0.6) is 5.75 Å². The number of nitriles is 1. The van der Waals surface area contributed by atoms with E-state index in [1.165, 1.54) is 10.9 Å². The number of hydrogen-bond donors (Lipinski definition) is 2. The van der Waals surface area contributed by atoms with Gasteiger partial charge < -0.3 is 20.3 Å². The number of ether oxygens (including phenoxy) is 1. The minimum atomic E-state index is -4.86. The molecule has 40 heavy (non-hydrogen) atoms. The third kappa shape index (κ3) is 6.07. The van der Waals surface area contributed by atoms with Crippen molar-refractivity contribution in [1.82, 2.24) is 24.6 Å². The van der Waals surface area contributed by atoms with Crippen LogP contribution in [-0.4, -0.2) is 55.9 Å². The number of benzene rings is 1. The molecule has 14 heteroatoms. The summed E-state index contributed by atoms with van der Waals surface area (Å²) < 4.78 is 46.3. The number of carbonyl (C=O) groups is 1. The number of piperidine rings is 1. The largest absolute Gasteiger partial charge is 0.488 e. The number of aryl methyl sites for hydroxylation is 2. The highest BCUT2D eigenvalue weighted by Gasteiger charge is 2.43. The SMILES string of the molecule is Cc1cc(Nc2ncc(Cl)c(Nc3cn(C)nc3C#N)n2)c(OC2CC2)cc1C1CCN(C(=O)C(F)(F)F)CC1. The van der Waals surface area contributed by atoms with E-state index in [-0.39, 0.29) is 47.6 Å². The Morgan fingerprint density at radius 1 is 1.18 bits per heavy atom. The molecule has 0 atom stereocenters. The Labute approximate surface area is 233 Å². The molecule has 0 bridgehead atoms. The smallest absolute Gasteiger partial charge is 0.471 e. The van der Waals surface area contributed by atoms with Crippen molar-refractivity contribution in [2.75, 3.05) is 23.7 Å². The van der Waals surface area contributed by atoms with Crippen molar-refractivity contribution in [3.8, 4) is 11.8 Å². The van der Waals surface area contributed by atoms with Gasteiger partial charge >= 0.3 is 12.1 Å². The number of nitrogens with zero attached hydrogens (tertiary/aromatic N) is 6. The van der Waals surface area contributed by atoms with Gasteiger partial charge in [-0.1, -0.05) is 11.6 Å². The molecule has 2 fully saturated rings. The average Bonchev–Trinajstić information content (AvgIpc) is 3.66. The van der Waals surface area contributed by atoms with E-state index in [1.807, 2.05) is 25.1 Å². The second-order valence-electron chi connectivity index (χ2n) is 9.90. The molecule has 1 amide bonds. The molecule has 210 valence electrons. The van der Waals surface area contributed by atoms with Gasteiger partial charge in [0.1, 0.15) is 16.8 Å². The lowest BCUT2D eigenvalue weighted by Crippen LogP contribution is -2.45. The lowest BCUT2D eigenvalue weighted by atomic mass is 9.86. The lowest BCUT2D eigenvalue weighted by Gasteiger charge is -2.33. The van der Waals surface area contributed by atoms with Gasteiger partial charge in [-0.2, -0.15) is 28.5 Å². The number of nitrogens with one attached hydrogen (secondary N) is 2. The van der Waals surface area contributed by atoms with Crippen molar-refractivity contribution >= 4 is 40.6 Å². The zero-order valence-electron chi connectivity index (χ0n) is 21.7. The molecule has 1 aliphatic heterocycles. The molecule has 0 radical (unpaired) electrons. The van der Waals surface area contributed by atoms with Crippen molar-refractivity contribution in [2.24, 2.45) is 7.05 Å². The normalized spacial score (nSPS) is 16.0. The Bertz CT molecular complexity index is 1470. The minimum Gasteiger partial charge on any atom is -0.488 e. The fraction of sp³-hybridized carbons (Fsp3) is 0.423. The summed E-state index contributed by atoms with van der Waals surface area (Å²) in [6.45, 7) is 2.01. The second kappa shape index (κ2) is 10.8. The van der Waals surface area contributed by atoms with Crippen LogP contribution in [0.3, 0.4) is 0 Å². The van der Waals surface area contributed by atoms with Crippen molar-refractivity contribution in [2.45, 2.75) is 50.8 Å². The molecule has 1 saturated carbocycles. The van der Waals surface area contributed by atoms with Gasteiger partial charge in [0.2, 0.25) is 5.95 Å². The van der Waals surface area contributed by atoms with Gasteiger partial charge in [0.15, 0.2) is 11.5 Å². The van der Waals surface area contributed by atoms with Crippen LogP contribution in [0, 0.1) is 18.3 Å². The van der Waals surface area contributed by atoms with Crippen molar-refractivity contribution in [3.05, 3.63) is 46.4 Å². The lowest BCUT2D eigenvalue weighted by molar-refractivity contribution is -0.186. The Kier molecular flexibility index (Phi) is 7.46. The van der Waals surface area contributed by atoms with Crippen LogP contribution in [0.4, 0.5) is 36.3 Å². The summed E-state index contributed by atoms with van der Waals surface area (Å²) in [7, 11) is 1.69. The van der Waals surface area contributed by atoms with Crippen LogP contribution >= 0.6 is 11.6 Å². The average molecular weight is 575 g/mol. The van der Waals surface area contributed by atoms with E-state index in [9.17, 15) is 23.2 Å². The summed E-state index contributed by atoms with van der Waals surface area (Å²) in [5.41, 5.74) is 3.15. The van der Waals surface area contributed by atoms with Crippen LogP contribution in [0.25, 0.3) is 0 Å². The Morgan fingerprint density at radius 3 is 2.55 bits per heavy atom. The van der Waals surface area contributed by atoms with E-state index in [0.29, 0.717) is 30.0 Å². The van der Waals surface area contributed by atoms with Crippen molar-refractivity contribution < 1.29 is 22.7 Å². The van der Waals surface area contributed by atoms with Gasteiger partial charge in [0.05, 0.1) is 23.7 Å². The highest BCUT2D eigenvalue weighted by Crippen LogP contribution is 2.40. The first-order valence-corrected chi connectivity index (χ1v) is 13.1. The first-order valence-electron chi connectivity index (χ1n) is 12.7. The fourth-order valence-corrected chi connectivity index (χ4v) is 4.84. The van der Waals surface area contributed by atoms with Gasteiger partial charge in [-0.25, -0.2) is 4.98 Å². The molecule has 3 heterocycles. The molecule has 0 spiro atoms. The fourth-order valence-electron chi connectivity index (χ4n) is 4.70. The van der Waals surface area contributed by atoms with E-state index in [4.69, 9.17) is 16.3 Å². The molecule has 10 nitrogen and oxygen atoms in total. The molecule has 5 rings (SSSR count). The summed E-state index contributed by atoms with van der Waals surface area (Å²) in [6, 6.07) is 5.84. The molecular weight excluding hydrogens is 549 g/mol. The number of likely N-dealkylation sites (tertiary alicyclic amines) is 1.